The smallest absolute Gasteiger partial charge is 0.291 e. The fraction of sp³-hybridized carbons (Fsp3) is 0.214. The van der Waals surface area contributed by atoms with Crippen LogP contribution in [0.15, 0.2) is 28.9 Å². The fourth-order valence-corrected chi connectivity index (χ4v) is 2.15. The maximum absolute atomic E-state index is 12.1. The molecule has 0 aliphatic carbocycles. The minimum Gasteiger partial charge on any atom is -0.486 e. The van der Waals surface area contributed by atoms with E-state index in [9.17, 15) is 4.79 Å². The minimum absolute atomic E-state index is 0.260. The molecule has 104 valence electrons. The molecule has 20 heavy (non-hydrogen) atoms. The summed E-state index contributed by atoms with van der Waals surface area (Å²) in [4.78, 5) is 12.1. The molecule has 0 spiro atoms. The van der Waals surface area contributed by atoms with E-state index in [-0.39, 0.29) is 11.7 Å². The molecule has 0 atom stereocenters. The van der Waals surface area contributed by atoms with Gasteiger partial charge < -0.3 is 19.2 Å². The highest BCUT2D eigenvalue weighted by Crippen LogP contribution is 2.38. The number of hydrogen-bond donors (Lipinski definition) is 1. The van der Waals surface area contributed by atoms with Gasteiger partial charge in [0.15, 0.2) is 17.3 Å². The molecule has 1 N–H and O–H groups in total. The van der Waals surface area contributed by atoms with E-state index in [0.717, 1.165) is 5.56 Å². The van der Waals surface area contributed by atoms with Crippen molar-refractivity contribution >= 4 is 23.2 Å². The minimum atomic E-state index is -0.355. The number of halogens is 1. The van der Waals surface area contributed by atoms with Crippen molar-refractivity contribution in [3.05, 3.63) is 40.8 Å². The molecule has 0 saturated heterocycles. The van der Waals surface area contributed by atoms with Crippen molar-refractivity contribution in [2.45, 2.75) is 6.92 Å². The maximum Gasteiger partial charge on any atom is 0.291 e. The molecule has 1 aliphatic heterocycles. The van der Waals surface area contributed by atoms with Gasteiger partial charge in [-0.05, 0) is 13.0 Å². The van der Waals surface area contributed by atoms with E-state index in [1.807, 2.05) is 0 Å². The van der Waals surface area contributed by atoms with Crippen LogP contribution in [0.3, 0.4) is 0 Å². The Balaban J connectivity index is 1.87. The molecule has 1 aromatic carbocycles. The van der Waals surface area contributed by atoms with Crippen molar-refractivity contribution in [2.75, 3.05) is 18.5 Å². The van der Waals surface area contributed by atoms with Gasteiger partial charge in [0.05, 0.1) is 17.0 Å². The summed E-state index contributed by atoms with van der Waals surface area (Å²) in [6.45, 7) is 2.75. The Morgan fingerprint density at radius 1 is 1.25 bits per heavy atom. The second-order valence-corrected chi connectivity index (χ2v) is 4.77. The third-order valence-corrected chi connectivity index (χ3v) is 3.26. The maximum atomic E-state index is 12.1. The highest BCUT2D eigenvalue weighted by Gasteiger charge is 2.18. The first-order valence-corrected chi connectivity index (χ1v) is 6.47. The number of hydrogen-bond acceptors (Lipinski definition) is 4. The van der Waals surface area contributed by atoms with E-state index < -0.39 is 0 Å². The molecular weight excluding hydrogens is 282 g/mol. The number of amides is 1. The second kappa shape index (κ2) is 5.09. The lowest BCUT2D eigenvalue weighted by atomic mass is 10.2. The van der Waals surface area contributed by atoms with Gasteiger partial charge in [-0.15, -0.1) is 0 Å². The van der Waals surface area contributed by atoms with Crippen LogP contribution in [-0.2, 0) is 0 Å². The predicted molar refractivity (Wildman–Crippen MR) is 73.8 cm³/mol. The van der Waals surface area contributed by atoms with Crippen LogP contribution < -0.4 is 14.8 Å². The number of furan rings is 1. The number of carbonyl (C=O) groups excluding carboxylic acids is 1. The summed E-state index contributed by atoms with van der Waals surface area (Å²) in [6, 6.07) is 4.99. The predicted octanol–water partition coefficient (Wildman–Crippen LogP) is 3.26. The monoisotopic (exact) mass is 293 g/mol. The normalized spacial score (nSPS) is 13.1. The number of fused-ring (bicyclic) bond motifs is 1. The summed E-state index contributed by atoms with van der Waals surface area (Å²) in [6.07, 6.45) is 1.47. The van der Waals surface area contributed by atoms with Crippen molar-refractivity contribution < 1.29 is 18.7 Å². The van der Waals surface area contributed by atoms with E-state index in [1.54, 1.807) is 25.1 Å². The van der Waals surface area contributed by atoms with Crippen LogP contribution in [0, 0.1) is 6.92 Å². The van der Waals surface area contributed by atoms with Crippen LogP contribution in [-0.4, -0.2) is 19.1 Å². The van der Waals surface area contributed by atoms with E-state index in [0.29, 0.717) is 35.4 Å². The molecule has 1 aromatic heterocycles. The number of nitrogens with one attached hydrogen (secondary N) is 1. The van der Waals surface area contributed by atoms with E-state index in [2.05, 4.69) is 5.32 Å². The van der Waals surface area contributed by atoms with Crippen molar-refractivity contribution in [2.24, 2.45) is 0 Å². The summed E-state index contributed by atoms with van der Waals surface area (Å²) in [7, 11) is 0. The van der Waals surface area contributed by atoms with Crippen LogP contribution in [0.2, 0.25) is 5.02 Å². The zero-order valence-electron chi connectivity index (χ0n) is 10.7. The van der Waals surface area contributed by atoms with Crippen LogP contribution in [0.1, 0.15) is 16.1 Å². The largest absolute Gasteiger partial charge is 0.486 e. The second-order valence-electron chi connectivity index (χ2n) is 4.36. The molecule has 1 aliphatic rings. The van der Waals surface area contributed by atoms with Gasteiger partial charge in [0.25, 0.3) is 5.91 Å². The third-order valence-electron chi connectivity index (χ3n) is 2.95. The summed E-state index contributed by atoms with van der Waals surface area (Å²) in [5, 5.41) is 3.08. The van der Waals surface area contributed by atoms with Gasteiger partial charge in [-0.1, -0.05) is 11.6 Å². The van der Waals surface area contributed by atoms with Gasteiger partial charge in [0.2, 0.25) is 0 Å². The molecule has 1 amide bonds. The van der Waals surface area contributed by atoms with Gasteiger partial charge in [-0.2, -0.15) is 0 Å². The first-order chi connectivity index (χ1) is 9.65. The summed E-state index contributed by atoms with van der Waals surface area (Å²) in [5.41, 5.74) is 1.22. The molecule has 2 heterocycles. The average molecular weight is 294 g/mol. The molecule has 0 unspecified atom stereocenters. The summed E-state index contributed by atoms with van der Waals surface area (Å²) >= 11 is 6.13. The molecule has 5 nitrogen and oxygen atoms in total. The molecule has 3 rings (SSSR count). The number of benzene rings is 1. The molecular formula is C14H12ClNO4. The topological polar surface area (TPSA) is 60.7 Å². The number of aryl methyl sites for hydroxylation is 1. The number of rotatable bonds is 2. The Morgan fingerprint density at radius 2 is 1.95 bits per heavy atom. The zero-order chi connectivity index (χ0) is 14.1. The lowest BCUT2D eigenvalue weighted by Gasteiger charge is -2.19. The quantitative estimate of drug-likeness (QED) is 0.923. The van der Waals surface area contributed by atoms with Crippen LogP contribution in [0.4, 0.5) is 5.69 Å². The Bertz CT molecular complexity index is 665. The SMILES string of the molecule is Cc1ccoc1C(=O)Nc1cc2c(cc1Cl)OCCO2. The molecule has 0 saturated carbocycles. The Hall–Kier alpha value is -2.14. The molecule has 0 fully saturated rings. The number of anilines is 1. The van der Waals surface area contributed by atoms with Gasteiger partial charge in [0.1, 0.15) is 13.2 Å². The van der Waals surface area contributed by atoms with E-state index in [1.165, 1.54) is 6.26 Å². The van der Waals surface area contributed by atoms with Gasteiger partial charge in [-0.25, -0.2) is 0 Å². The molecule has 0 bridgehead atoms. The standard InChI is InChI=1S/C14H12ClNO4/c1-8-2-3-20-13(8)14(17)16-10-7-12-11(6-9(10)15)18-4-5-19-12/h2-3,6-7H,4-5H2,1H3,(H,16,17). The van der Waals surface area contributed by atoms with Crippen molar-refractivity contribution in [1.29, 1.82) is 0 Å². The average Bonchev–Trinajstić information content (AvgIpc) is 2.86. The zero-order valence-corrected chi connectivity index (χ0v) is 11.5. The Kier molecular flexibility index (Phi) is 3.28. The Morgan fingerprint density at radius 3 is 2.60 bits per heavy atom. The van der Waals surface area contributed by atoms with Crippen LogP contribution in [0.5, 0.6) is 11.5 Å². The first-order valence-electron chi connectivity index (χ1n) is 6.10. The number of ether oxygens (including phenoxy) is 2. The van der Waals surface area contributed by atoms with Gasteiger partial charge >= 0.3 is 0 Å². The van der Waals surface area contributed by atoms with Crippen LogP contribution >= 0.6 is 11.6 Å². The fourth-order valence-electron chi connectivity index (χ4n) is 1.94. The van der Waals surface area contributed by atoms with Crippen LogP contribution in [0.25, 0.3) is 0 Å². The molecule has 6 heteroatoms. The summed E-state index contributed by atoms with van der Waals surface area (Å²) in [5.74, 6) is 1.04. The van der Waals surface area contributed by atoms with Gasteiger partial charge in [-0.3, -0.25) is 4.79 Å². The molecule has 0 radical (unpaired) electrons. The molecule has 2 aromatic rings. The third kappa shape index (κ3) is 2.32. The highest BCUT2D eigenvalue weighted by atomic mass is 35.5. The van der Waals surface area contributed by atoms with Gasteiger partial charge in [0, 0.05) is 17.7 Å². The highest BCUT2D eigenvalue weighted by molar-refractivity contribution is 6.34. The lowest BCUT2D eigenvalue weighted by Crippen LogP contribution is -2.17. The van der Waals surface area contributed by atoms with Crippen molar-refractivity contribution in [3.8, 4) is 11.5 Å². The number of carbonyl (C=O) groups is 1. The van der Waals surface area contributed by atoms with E-state index >= 15 is 0 Å². The Labute approximate surface area is 120 Å². The van der Waals surface area contributed by atoms with E-state index in [4.69, 9.17) is 25.5 Å². The van der Waals surface area contributed by atoms with Crippen molar-refractivity contribution in [1.82, 2.24) is 0 Å². The summed E-state index contributed by atoms with van der Waals surface area (Å²) < 4.78 is 16.0. The lowest BCUT2D eigenvalue weighted by molar-refractivity contribution is 0.0996. The van der Waals surface area contributed by atoms with Crippen molar-refractivity contribution in [3.63, 3.8) is 0 Å². The first kappa shape index (κ1) is 12.9.